The van der Waals surface area contributed by atoms with Gasteiger partial charge in [0.05, 0.1) is 30.3 Å². The van der Waals surface area contributed by atoms with E-state index in [-0.39, 0.29) is 18.2 Å². The molecule has 40 heavy (non-hydrogen) atoms. The molecule has 6 rings (SSSR count). The molecular formula is C30H33N7O3. The third kappa shape index (κ3) is 5.88. The van der Waals surface area contributed by atoms with Crippen LogP contribution in [0.2, 0.25) is 0 Å². The number of benzene rings is 2. The maximum absolute atomic E-state index is 13.0. The SMILES string of the molecule is NC(=O)c1cccc2c(NC(CCN3CCOCC3)c3cccc(CC(=O)c4cc(C5CC5)[nH]n4)c3)ncnc12. The first-order valence-electron chi connectivity index (χ1n) is 13.8. The van der Waals surface area contributed by atoms with E-state index in [2.05, 4.69) is 42.5 Å². The molecule has 4 aromatic rings. The molecule has 0 radical (unpaired) electrons. The minimum Gasteiger partial charge on any atom is -0.379 e. The molecule has 2 aliphatic rings. The van der Waals surface area contributed by atoms with E-state index in [0.717, 1.165) is 74.3 Å². The number of rotatable bonds is 11. The number of anilines is 1. The summed E-state index contributed by atoms with van der Waals surface area (Å²) in [5.74, 6) is 0.620. The zero-order chi connectivity index (χ0) is 27.5. The summed E-state index contributed by atoms with van der Waals surface area (Å²) in [5.41, 5.74) is 10.0. The second kappa shape index (κ2) is 11.5. The second-order valence-electron chi connectivity index (χ2n) is 10.6. The van der Waals surface area contributed by atoms with Crippen molar-refractivity contribution in [3.05, 3.63) is 82.9 Å². The van der Waals surface area contributed by atoms with E-state index >= 15 is 0 Å². The molecule has 2 aromatic carbocycles. The molecule has 3 heterocycles. The lowest BCUT2D eigenvalue weighted by Crippen LogP contribution is -2.37. The fraction of sp³-hybridized carbons (Fsp3) is 0.367. The first-order valence-corrected chi connectivity index (χ1v) is 13.8. The number of nitrogens with two attached hydrogens (primary N) is 1. The molecule has 4 N–H and O–H groups in total. The number of carbonyl (C=O) groups excluding carboxylic acids is 2. The van der Waals surface area contributed by atoms with Gasteiger partial charge in [-0.05, 0) is 48.6 Å². The molecule has 1 unspecified atom stereocenters. The largest absolute Gasteiger partial charge is 0.379 e. The van der Waals surface area contributed by atoms with Gasteiger partial charge >= 0.3 is 0 Å². The van der Waals surface area contributed by atoms with E-state index in [1.54, 1.807) is 12.1 Å². The lowest BCUT2D eigenvalue weighted by Gasteiger charge is -2.29. The predicted molar refractivity (Wildman–Crippen MR) is 151 cm³/mol. The number of amides is 1. The summed E-state index contributed by atoms with van der Waals surface area (Å²) in [7, 11) is 0. The Bertz CT molecular complexity index is 1520. The van der Waals surface area contributed by atoms with Gasteiger partial charge in [-0.1, -0.05) is 30.3 Å². The molecule has 10 nitrogen and oxygen atoms in total. The van der Waals surface area contributed by atoms with Crippen LogP contribution in [0.5, 0.6) is 0 Å². The third-order valence-corrected chi connectivity index (χ3v) is 7.70. The molecule has 0 spiro atoms. The number of H-pyrrole nitrogens is 1. The predicted octanol–water partition coefficient (Wildman–Crippen LogP) is 3.63. The second-order valence-corrected chi connectivity index (χ2v) is 10.6. The van der Waals surface area contributed by atoms with Gasteiger partial charge in [0.15, 0.2) is 5.78 Å². The van der Waals surface area contributed by atoms with E-state index in [1.807, 2.05) is 24.3 Å². The molecular weight excluding hydrogens is 506 g/mol. The number of hydrogen-bond acceptors (Lipinski definition) is 8. The molecule has 1 aliphatic carbocycles. The van der Waals surface area contributed by atoms with Gasteiger partial charge in [0.2, 0.25) is 0 Å². The number of nitrogens with zero attached hydrogens (tertiary/aromatic N) is 4. The monoisotopic (exact) mass is 539 g/mol. The molecule has 1 saturated carbocycles. The highest BCUT2D eigenvalue weighted by Gasteiger charge is 2.26. The van der Waals surface area contributed by atoms with Crippen LogP contribution < -0.4 is 11.1 Å². The number of fused-ring (bicyclic) bond motifs is 1. The van der Waals surface area contributed by atoms with Gasteiger partial charge in [-0.2, -0.15) is 5.10 Å². The standard InChI is InChI=1S/C30H33N7O3/c31-29(39)22-5-2-6-23-28(22)32-18-33-30(23)34-24(9-10-37-11-13-40-14-12-37)21-4-1-3-19(15-21)16-27(38)26-17-25(35-36-26)20-7-8-20/h1-6,15,17-18,20,24H,7-14,16H2,(H2,31,39)(H,35,36)(H,32,33,34). The molecule has 10 heteroatoms. The fourth-order valence-electron chi connectivity index (χ4n) is 5.30. The van der Waals surface area contributed by atoms with Crippen molar-refractivity contribution in [2.24, 2.45) is 5.73 Å². The summed E-state index contributed by atoms with van der Waals surface area (Å²) < 4.78 is 5.52. The Hall–Kier alpha value is -4.15. The van der Waals surface area contributed by atoms with Crippen molar-refractivity contribution in [3.8, 4) is 0 Å². The van der Waals surface area contributed by atoms with Crippen LogP contribution in [-0.4, -0.2) is 69.6 Å². The minimum atomic E-state index is -0.530. The normalized spacial score (nSPS) is 16.6. The van der Waals surface area contributed by atoms with E-state index < -0.39 is 5.91 Å². The molecule has 1 saturated heterocycles. The highest BCUT2D eigenvalue weighted by molar-refractivity contribution is 6.06. The summed E-state index contributed by atoms with van der Waals surface area (Å²) in [5, 5.41) is 11.6. The molecule has 2 aromatic heterocycles. The Morgan fingerprint density at radius 3 is 2.73 bits per heavy atom. The summed E-state index contributed by atoms with van der Waals surface area (Å²) in [4.78, 5) is 36.3. The van der Waals surface area contributed by atoms with E-state index in [1.165, 1.54) is 6.33 Å². The number of hydrogen-bond donors (Lipinski definition) is 3. The first kappa shape index (κ1) is 26.1. The van der Waals surface area contributed by atoms with Crippen molar-refractivity contribution in [1.82, 2.24) is 25.1 Å². The van der Waals surface area contributed by atoms with Gasteiger partial charge < -0.3 is 15.8 Å². The van der Waals surface area contributed by atoms with Gasteiger partial charge in [0.25, 0.3) is 5.91 Å². The highest BCUT2D eigenvalue weighted by Crippen LogP contribution is 2.39. The highest BCUT2D eigenvalue weighted by atomic mass is 16.5. The van der Waals surface area contributed by atoms with Crippen molar-refractivity contribution in [1.29, 1.82) is 0 Å². The number of Topliss-reactive ketones (excluding diaryl/α,β-unsaturated/α-hetero) is 1. The fourth-order valence-corrected chi connectivity index (χ4v) is 5.30. The molecule has 2 fully saturated rings. The maximum Gasteiger partial charge on any atom is 0.250 e. The summed E-state index contributed by atoms with van der Waals surface area (Å²) in [6.07, 6.45) is 4.84. The Balaban J connectivity index is 1.26. The van der Waals surface area contributed by atoms with Crippen molar-refractivity contribution < 1.29 is 14.3 Å². The Labute approximate surface area is 232 Å². The Morgan fingerprint density at radius 1 is 1.10 bits per heavy atom. The number of aromatic amines is 1. The van der Waals surface area contributed by atoms with Crippen LogP contribution in [0.4, 0.5) is 5.82 Å². The maximum atomic E-state index is 13.0. The van der Waals surface area contributed by atoms with Crippen LogP contribution in [0.1, 0.15) is 68.9 Å². The zero-order valence-electron chi connectivity index (χ0n) is 22.3. The molecule has 1 aliphatic heterocycles. The van der Waals surface area contributed by atoms with Gasteiger partial charge in [-0.25, -0.2) is 9.97 Å². The van der Waals surface area contributed by atoms with Crippen molar-refractivity contribution in [2.45, 2.75) is 37.6 Å². The summed E-state index contributed by atoms with van der Waals surface area (Å²) >= 11 is 0. The van der Waals surface area contributed by atoms with Gasteiger partial charge in [0.1, 0.15) is 17.8 Å². The minimum absolute atomic E-state index is 0.00102. The smallest absolute Gasteiger partial charge is 0.250 e. The number of primary amides is 1. The zero-order valence-corrected chi connectivity index (χ0v) is 22.3. The topological polar surface area (TPSA) is 139 Å². The van der Waals surface area contributed by atoms with Gasteiger partial charge in [-0.15, -0.1) is 0 Å². The van der Waals surface area contributed by atoms with Crippen LogP contribution >= 0.6 is 0 Å². The third-order valence-electron chi connectivity index (χ3n) is 7.70. The first-order chi connectivity index (χ1) is 19.5. The van der Waals surface area contributed by atoms with Crippen molar-refractivity contribution in [3.63, 3.8) is 0 Å². The Kier molecular flexibility index (Phi) is 7.52. The van der Waals surface area contributed by atoms with Crippen LogP contribution in [0.15, 0.2) is 54.9 Å². The van der Waals surface area contributed by atoms with Crippen LogP contribution in [0.25, 0.3) is 10.9 Å². The van der Waals surface area contributed by atoms with E-state index in [0.29, 0.717) is 28.5 Å². The number of nitrogens with one attached hydrogen (secondary N) is 2. The average Bonchev–Trinajstić information content (AvgIpc) is 3.71. The molecule has 0 bridgehead atoms. The number of ketones is 1. The van der Waals surface area contributed by atoms with Gasteiger partial charge in [-0.3, -0.25) is 19.6 Å². The number of aromatic nitrogens is 4. The van der Waals surface area contributed by atoms with Crippen molar-refractivity contribution >= 4 is 28.4 Å². The van der Waals surface area contributed by atoms with E-state index in [4.69, 9.17) is 10.5 Å². The number of carbonyl (C=O) groups is 2. The number of ether oxygens (including phenoxy) is 1. The average molecular weight is 540 g/mol. The lowest BCUT2D eigenvalue weighted by atomic mass is 9.98. The molecule has 1 amide bonds. The van der Waals surface area contributed by atoms with Gasteiger partial charge in [0, 0.05) is 43.1 Å². The summed E-state index contributed by atoms with van der Waals surface area (Å²) in [6.45, 7) is 4.13. The van der Waals surface area contributed by atoms with Crippen LogP contribution in [-0.2, 0) is 11.2 Å². The van der Waals surface area contributed by atoms with Crippen molar-refractivity contribution in [2.75, 3.05) is 38.2 Å². The quantitative estimate of drug-likeness (QED) is 0.246. The number of para-hydroxylation sites is 1. The lowest BCUT2D eigenvalue weighted by molar-refractivity contribution is 0.0368. The van der Waals surface area contributed by atoms with Crippen LogP contribution in [0, 0.1) is 0 Å². The van der Waals surface area contributed by atoms with Crippen LogP contribution in [0.3, 0.4) is 0 Å². The molecule has 1 atom stereocenters. The molecule has 206 valence electrons. The Morgan fingerprint density at radius 2 is 1.93 bits per heavy atom. The van der Waals surface area contributed by atoms with E-state index in [9.17, 15) is 9.59 Å². The summed E-state index contributed by atoms with van der Waals surface area (Å²) in [6, 6.07) is 15.3. The number of morpholine rings is 1.